The number of anilines is 2. The minimum atomic E-state index is 0.621. The zero-order chi connectivity index (χ0) is 19.6. The van der Waals surface area contributed by atoms with Gasteiger partial charge in [0.05, 0.1) is 6.54 Å². The molecule has 0 saturated carbocycles. The van der Waals surface area contributed by atoms with E-state index in [9.17, 15) is 0 Å². The molecule has 146 valence electrons. The molecular weight excluding hydrogens is 364 g/mol. The highest BCUT2D eigenvalue weighted by atomic mass is 16.5. The molecule has 1 aliphatic heterocycles. The van der Waals surface area contributed by atoms with Gasteiger partial charge < -0.3 is 19.9 Å². The summed E-state index contributed by atoms with van der Waals surface area (Å²) in [4.78, 5) is 19.1. The van der Waals surface area contributed by atoms with E-state index in [4.69, 9.17) is 14.7 Å². The highest BCUT2D eigenvalue weighted by Crippen LogP contribution is 2.36. The summed E-state index contributed by atoms with van der Waals surface area (Å²) < 4.78 is 5.92. The molecular formula is C22H22N6O. The maximum Gasteiger partial charge on any atom is 0.204 e. The van der Waals surface area contributed by atoms with Crippen LogP contribution in [0.3, 0.4) is 0 Å². The molecule has 29 heavy (non-hydrogen) atoms. The van der Waals surface area contributed by atoms with E-state index in [1.165, 1.54) is 10.9 Å². The van der Waals surface area contributed by atoms with Gasteiger partial charge in [-0.1, -0.05) is 18.2 Å². The summed E-state index contributed by atoms with van der Waals surface area (Å²) in [6, 6.07) is 12.2. The van der Waals surface area contributed by atoms with E-state index in [0.29, 0.717) is 18.2 Å². The Bertz CT molecular complexity index is 1140. The lowest BCUT2D eigenvalue weighted by molar-refractivity contribution is 0.309. The van der Waals surface area contributed by atoms with Gasteiger partial charge in [-0.25, -0.2) is 9.97 Å². The van der Waals surface area contributed by atoms with Gasteiger partial charge in [0.2, 0.25) is 5.75 Å². The van der Waals surface area contributed by atoms with Gasteiger partial charge >= 0.3 is 0 Å². The van der Waals surface area contributed by atoms with E-state index in [0.717, 1.165) is 42.2 Å². The van der Waals surface area contributed by atoms with Crippen LogP contribution >= 0.6 is 0 Å². The molecule has 0 atom stereocenters. The molecule has 0 spiro atoms. The average molecular weight is 386 g/mol. The molecule has 0 unspecified atom stereocenters. The number of fused-ring (bicyclic) bond motifs is 2. The van der Waals surface area contributed by atoms with Crippen LogP contribution in [0.1, 0.15) is 5.56 Å². The van der Waals surface area contributed by atoms with Crippen molar-refractivity contribution in [2.45, 2.75) is 6.42 Å². The van der Waals surface area contributed by atoms with Crippen LogP contribution in [0.5, 0.6) is 5.75 Å². The molecule has 0 fully saturated rings. The fraction of sp³-hybridized carbons (Fsp3) is 0.227. The SMILES string of the molecule is CN1CCOc2c(NCCc3c[nH]c4ccccc34)nc(-c3cccnc3)nc21. The summed E-state index contributed by atoms with van der Waals surface area (Å²) in [6.45, 7) is 2.16. The van der Waals surface area contributed by atoms with Gasteiger partial charge in [0.15, 0.2) is 17.5 Å². The molecule has 2 N–H and O–H groups in total. The Morgan fingerprint density at radius 2 is 2.10 bits per heavy atom. The fourth-order valence-electron chi connectivity index (χ4n) is 3.62. The van der Waals surface area contributed by atoms with Crippen molar-refractivity contribution in [2.75, 3.05) is 37.0 Å². The Hall–Kier alpha value is -3.61. The zero-order valence-corrected chi connectivity index (χ0v) is 16.2. The van der Waals surface area contributed by atoms with Crippen LogP contribution in [-0.4, -0.2) is 46.7 Å². The monoisotopic (exact) mass is 386 g/mol. The van der Waals surface area contributed by atoms with E-state index < -0.39 is 0 Å². The lowest BCUT2D eigenvalue weighted by Gasteiger charge is -2.28. The summed E-state index contributed by atoms with van der Waals surface area (Å²) in [5.74, 6) is 2.88. The Morgan fingerprint density at radius 1 is 1.17 bits per heavy atom. The Labute approximate surface area is 168 Å². The van der Waals surface area contributed by atoms with Crippen LogP contribution in [0.4, 0.5) is 11.6 Å². The Balaban J connectivity index is 1.43. The summed E-state index contributed by atoms with van der Waals surface area (Å²) in [5.41, 5.74) is 3.32. The number of hydrogen-bond acceptors (Lipinski definition) is 6. The second kappa shape index (κ2) is 7.43. The standard InChI is InChI=1S/C22H22N6O/c1-28-11-12-29-19-21(26-20(27-22(19)28)16-5-4-9-23-13-16)24-10-8-15-14-25-18-7-3-2-6-17(15)18/h2-7,9,13-14,25H,8,10-12H2,1H3,(H,24,26,27). The number of aromatic amines is 1. The number of nitrogens with zero attached hydrogens (tertiary/aromatic N) is 4. The second-order valence-corrected chi connectivity index (χ2v) is 7.10. The number of likely N-dealkylation sites (N-methyl/N-ethyl adjacent to an activating group) is 1. The lowest BCUT2D eigenvalue weighted by atomic mass is 10.1. The third-order valence-electron chi connectivity index (χ3n) is 5.16. The van der Waals surface area contributed by atoms with Crippen LogP contribution in [-0.2, 0) is 6.42 Å². The van der Waals surface area contributed by atoms with Gasteiger partial charge in [0.25, 0.3) is 0 Å². The van der Waals surface area contributed by atoms with Crippen LogP contribution in [0.25, 0.3) is 22.3 Å². The minimum absolute atomic E-state index is 0.621. The van der Waals surface area contributed by atoms with E-state index in [1.807, 2.05) is 25.2 Å². The van der Waals surface area contributed by atoms with Gasteiger partial charge in [0, 0.05) is 48.6 Å². The second-order valence-electron chi connectivity index (χ2n) is 7.10. The first-order valence-electron chi connectivity index (χ1n) is 9.75. The number of pyridine rings is 1. The van der Waals surface area contributed by atoms with E-state index in [-0.39, 0.29) is 0 Å². The normalized spacial score (nSPS) is 13.2. The quantitative estimate of drug-likeness (QED) is 0.547. The maximum atomic E-state index is 5.92. The van der Waals surface area contributed by atoms with Crippen molar-refractivity contribution >= 4 is 22.5 Å². The number of aromatic nitrogens is 4. The van der Waals surface area contributed by atoms with Gasteiger partial charge in [-0.05, 0) is 30.2 Å². The Morgan fingerprint density at radius 3 is 3.00 bits per heavy atom. The number of hydrogen-bond donors (Lipinski definition) is 2. The molecule has 0 radical (unpaired) electrons. The number of rotatable bonds is 5. The molecule has 4 aromatic rings. The molecule has 0 amide bonds. The summed E-state index contributed by atoms with van der Waals surface area (Å²) >= 11 is 0. The molecule has 1 aliphatic rings. The summed E-state index contributed by atoms with van der Waals surface area (Å²) in [6.07, 6.45) is 6.48. The molecule has 0 bridgehead atoms. The molecule has 0 saturated heterocycles. The third kappa shape index (κ3) is 3.35. The van der Waals surface area contributed by atoms with Crippen LogP contribution in [0, 0.1) is 0 Å². The highest BCUT2D eigenvalue weighted by Gasteiger charge is 2.23. The van der Waals surface area contributed by atoms with Crippen molar-refractivity contribution in [1.82, 2.24) is 19.9 Å². The van der Waals surface area contributed by atoms with Gasteiger partial charge in [-0.3, -0.25) is 4.98 Å². The lowest BCUT2D eigenvalue weighted by Crippen LogP contribution is -2.30. The largest absolute Gasteiger partial charge is 0.485 e. The van der Waals surface area contributed by atoms with E-state index in [1.54, 1.807) is 12.4 Å². The number of benzene rings is 1. The smallest absolute Gasteiger partial charge is 0.204 e. The van der Waals surface area contributed by atoms with Crippen molar-refractivity contribution < 1.29 is 4.74 Å². The predicted molar refractivity (Wildman–Crippen MR) is 115 cm³/mol. The molecule has 0 aliphatic carbocycles. The molecule has 7 heteroatoms. The van der Waals surface area contributed by atoms with Crippen molar-refractivity contribution in [1.29, 1.82) is 0 Å². The average Bonchev–Trinajstić information content (AvgIpc) is 3.18. The molecule has 4 heterocycles. The van der Waals surface area contributed by atoms with Crippen molar-refractivity contribution in [3.8, 4) is 17.1 Å². The first-order valence-corrected chi connectivity index (χ1v) is 9.75. The summed E-state index contributed by atoms with van der Waals surface area (Å²) in [5, 5.41) is 4.73. The molecule has 3 aromatic heterocycles. The number of ether oxygens (including phenoxy) is 1. The van der Waals surface area contributed by atoms with Crippen molar-refractivity contribution in [3.05, 3.63) is 60.6 Å². The topological polar surface area (TPSA) is 79.0 Å². The number of H-pyrrole nitrogens is 1. The maximum absolute atomic E-state index is 5.92. The third-order valence-corrected chi connectivity index (χ3v) is 5.16. The molecule has 5 rings (SSSR count). The first-order chi connectivity index (χ1) is 14.3. The van der Waals surface area contributed by atoms with Gasteiger partial charge in [0.1, 0.15) is 6.61 Å². The van der Waals surface area contributed by atoms with E-state index in [2.05, 4.69) is 44.6 Å². The van der Waals surface area contributed by atoms with Crippen LogP contribution < -0.4 is 15.0 Å². The van der Waals surface area contributed by atoms with Crippen molar-refractivity contribution in [3.63, 3.8) is 0 Å². The highest BCUT2D eigenvalue weighted by molar-refractivity contribution is 5.83. The van der Waals surface area contributed by atoms with E-state index >= 15 is 0 Å². The van der Waals surface area contributed by atoms with Crippen LogP contribution in [0.2, 0.25) is 0 Å². The van der Waals surface area contributed by atoms with Crippen LogP contribution in [0.15, 0.2) is 55.0 Å². The minimum Gasteiger partial charge on any atom is -0.485 e. The van der Waals surface area contributed by atoms with Gasteiger partial charge in [-0.15, -0.1) is 0 Å². The fourth-order valence-corrected chi connectivity index (χ4v) is 3.62. The molecule has 1 aromatic carbocycles. The zero-order valence-electron chi connectivity index (χ0n) is 16.2. The predicted octanol–water partition coefficient (Wildman–Crippen LogP) is 3.50. The van der Waals surface area contributed by atoms with Gasteiger partial charge in [-0.2, -0.15) is 0 Å². The Kier molecular flexibility index (Phi) is 4.48. The first kappa shape index (κ1) is 17.5. The van der Waals surface area contributed by atoms with Crippen molar-refractivity contribution in [2.24, 2.45) is 0 Å². The molecule has 7 nitrogen and oxygen atoms in total. The number of nitrogens with one attached hydrogen (secondary N) is 2. The summed E-state index contributed by atoms with van der Waals surface area (Å²) in [7, 11) is 2.02. The number of para-hydroxylation sites is 1.